The van der Waals surface area contributed by atoms with E-state index in [1.54, 1.807) is 19.2 Å². The van der Waals surface area contributed by atoms with Crippen molar-refractivity contribution in [3.05, 3.63) is 81.6 Å². The lowest BCUT2D eigenvalue weighted by molar-refractivity contribution is 0.0923. The number of nitrogens with one attached hydrogen (secondary N) is 1. The molecule has 0 saturated heterocycles. The highest BCUT2D eigenvalue weighted by molar-refractivity contribution is 7.09. The van der Waals surface area contributed by atoms with Gasteiger partial charge in [-0.3, -0.25) is 9.69 Å². The van der Waals surface area contributed by atoms with Crippen LogP contribution in [0, 0.1) is 5.82 Å². The minimum atomic E-state index is -0.242. The number of benzene rings is 2. The van der Waals surface area contributed by atoms with Gasteiger partial charge >= 0.3 is 0 Å². The Balaban J connectivity index is 1.44. The van der Waals surface area contributed by atoms with Gasteiger partial charge in [-0.2, -0.15) is 0 Å². The molecule has 3 aromatic rings. The number of nitrogens with zero attached hydrogens (tertiary/aromatic N) is 2. The topological polar surface area (TPSA) is 54.5 Å². The maximum atomic E-state index is 13.4. The molecule has 33 heavy (non-hydrogen) atoms. The average Bonchev–Trinajstić information content (AvgIpc) is 3.30. The molecule has 1 fully saturated rings. The molecule has 1 amide bonds. The highest BCUT2D eigenvalue weighted by Crippen LogP contribution is 2.21. The fourth-order valence-corrected chi connectivity index (χ4v) is 5.01. The van der Waals surface area contributed by atoms with Crippen LogP contribution in [0.25, 0.3) is 0 Å². The number of amides is 1. The van der Waals surface area contributed by atoms with Crippen molar-refractivity contribution in [2.45, 2.75) is 57.8 Å². The Morgan fingerprint density at radius 2 is 1.67 bits per heavy atom. The number of rotatable bonds is 9. The monoisotopic (exact) mass is 467 g/mol. The van der Waals surface area contributed by atoms with Crippen LogP contribution < -0.4 is 10.1 Å². The first-order valence-corrected chi connectivity index (χ1v) is 12.3. The number of carbonyl (C=O) groups excluding carboxylic acids is 1. The third-order valence-electron chi connectivity index (χ3n) is 5.97. The van der Waals surface area contributed by atoms with E-state index in [9.17, 15) is 9.18 Å². The molecular weight excluding hydrogens is 437 g/mol. The largest absolute Gasteiger partial charge is 0.497 e. The van der Waals surface area contributed by atoms with E-state index in [1.807, 2.05) is 29.6 Å². The second kappa shape index (κ2) is 11.4. The maximum Gasteiger partial charge on any atom is 0.270 e. The Morgan fingerprint density at radius 1 is 1.03 bits per heavy atom. The minimum Gasteiger partial charge on any atom is -0.497 e. The van der Waals surface area contributed by atoms with Crippen molar-refractivity contribution in [2.75, 3.05) is 7.11 Å². The SMILES string of the molecule is COc1ccc(CN(Cc2ccc(F)cc2)Cc2nc(C(=O)NC3CCCCC3)cs2)cc1. The number of aromatic nitrogens is 1. The smallest absolute Gasteiger partial charge is 0.270 e. The lowest BCUT2D eigenvalue weighted by Gasteiger charge is -2.22. The van der Waals surface area contributed by atoms with Crippen molar-refractivity contribution < 1.29 is 13.9 Å². The molecule has 7 heteroatoms. The Bertz CT molecular complexity index is 1030. The number of hydrogen-bond acceptors (Lipinski definition) is 5. The van der Waals surface area contributed by atoms with Crippen LogP contribution in [0.2, 0.25) is 0 Å². The number of thiazole rings is 1. The van der Waals surface area contributed by atoms with Crippen LogP contribution in [-0.2, 0) is 19.6 Å². The van der Waals surface area contributed by atoms with Crippen LogP contribution in [0.15, 0.2) is 53.9 Å². The standard InChI is InChI=1S/C26H30FN3O2S/c1-32-23-13-9-20(10-14-23)16-30(15-19-7-11-21(27)12-8-19)17-25-29-24(18-33-25)26(31)28-22-5-3-2-4-6-22/h7-14,18,22H,2-6,15-17H2,1H3,(H,28,31). The quantitative estimate of drug-likeness (QED) is 0.448. The molecule has 1 heterocycles. The molecule has 4 rings (SSSR count). The number of carbonyl (C=O) groups is 1. The van der Waals surface area contributed by atoms with Gasteiger partial charge in [-0.1, -0.05) is 43.5 Å². The first-order valence-electron chi connectivity index (χ1n) is 11.4. The van der Waals surface area contributed by atoms with Gasteiger partial charge in [0.05, 0.1) is 13.7 Å². The van der Waals surface area contributed by atoms with Crippen molar-refractivity contribution in [3.63, 3.8) is 0 Å². The molecule has 2 aromatic carbocycles. The molecule has 174 valence electrons. The van der Waals surface area contributed by atoms with E-state index in [2.05, 4.69) is 15.2 Å². The molecule has 0 spiro atoms. The zero-order valence-corrected chi connectivity index (χ0v) is 19.7. The van der Waals surface area contributed by atoms with Gasteiger partial charge in [0.25, 0.3) is 5.91 Å². The van der Waals surface area contributed by atoms with E-state index in [0.29, 0.717) is 25.3 Å². The van der Waals surface area contributed by atoms with Gasteiger partial charge in [0.2, 0.25) is 0 Å². The van der Waals surface area contributed by atoms with E-state index in [-0.39, 0.29) is 17.8 Å². The van der Waals surface area contributed by atoms with Crippen LogP contribution in [-0.4, -0.2) is 28.9 Å². The van der Waals surface area contributed by atoms with Crippen molar-refractivity contribution in [1.29, 1.82) is 0 Å². The van der Waals surface area contributed by atoms with Gasteiger partial charge in [0.1, 0.15) is 22.3 Å². The maximum absolute atomic E-state index is 13.4. The second-order valence-electron chi connectivity index (χ2n) is 8.55. The lowest BCUT2D eigenvalue weighted by Crippen LogP contribution is -2.36. The minimum absolute atomic E-state index is 0.0790. The third-order valence-corrected chi connectivity index (χ3v) is 6.80. The molecule has 0 bridgehead atoms. The third kappa shape index (κ3) is 6.85. The predicted octanol–water partition coefficient (Wildman–Crippen LogP) is 5.56. The number of ether oxygens (including phenoxy) is 1. The van der Waals surface area contributed by atoms with Crippen molar-refractivity contribution in [3.8, 4) is 5.75 Å². The summed E-state index contributed by atoms with van der Waals surface area (Å²) in [5, 5.41) is 5.87. The second-order valence-corrected chi connectivity index (χ2v) is 9.50. The normalized spacial score (nSPS) is 14.4. The molecule has 1 aliphatic rings. The summed E-state index contributed by atoms with van der Waals surface area (Å²) in [4.78, 5) is 19.5. The van der Waals surface area contributed by atoms with E-state index >= 15 is 0 Å². The molecule has 0 radical (unpaired) electrons. The summed E-state index contributed by atoms with van der Waals surface area (Å²) in [7, 11) is 1.65. The molecule has 1 saturated carbocycles. The van der Waals surface area contributed by atoms with Gasteiger partial charge in [-0.15, -0.1) is 11.3 Å². The Hall–Kier alpha value is -2.77. The number of methoxy groups -OCH3 is 1. The molecule has 1 N–H and O–H groups in total. The molecule has 1 aliphatic carbocycles. The summed E-state index contributed by atoms with van der Waals surface area (Å²) in [6.45, 7) is 1.95. The van der Waals surface area contributed by atoms with Crippen LogP contribution in [0.5, 0.6) is 5.75 Å². The number of hydrogen-bond donors (Lipinski definition) is 1. The first kappa shape index (κ1) is 23.4. The molecule has 0 atom stereocenters. The van der Waals surface area contributed by atoms with E-state index in [4.69, 9.17) is 4.74 Å². The molecule has 0 aliphatic heterocycles. The van der Waals surface area contributed by atoms with E-state index < -0.39 is 0 Å². The van der Waals surface area contributed by atoms with Gasteiger partial charge in [-0.05, 0) is 48.2 Å². The predicted molar refractivity (Wildman–Crippen MR) is 129 cm³/mol. The van der Waals surface area contributed by atoms with Gasteiger partial charge in [0.15, 0.2) is 0 Å². The van der Waals surface area contributed by atoms with Crippen molar-refractivity contribution in [1.82, 2.24) is 15.2 Å². The Morgan fingerprint density at radius 3 is 2.30 bits per heavy atom. The van der Waals surface area contributed by atoms with E-state index in [0.717, 1.165) is 34.7 Å². The summed E-state index contributed by atoms with van der Waals surface area (Å²) in [6, 6.07) is 14.8. The molecule has 1 aromatic heterocycles. The first-order chi connectivity index (χ1) is 16.1. The highest BCUT2D eigenvalue weighted by atomic mass is 32.1. The molecule has 0 unspecified atom stereocenters. The lowest BCUT2D eigenvalue weighted by atomic mass is 9.95. The van der Waals surface area contributed by atoms with Gasteiger partial charge < -0.3 is 10.1 Å². The highest BCUT2D eigenvalue weighted by Gasteiger charge is 2.19. The fraction of sp³-hybridized carbons (Fsp3) is 0.385. The summed E-state index contributed by atoms with van der Waals surface area (Å²) in [5.41, 5.74) is 2.66. The van der Waals surface area contributed by atoms with Crippen LogP contribution in [0.3, 0.4) is 0 Å². The Kier molecular flexibility index (Phi) is 8.07. The zero-order valence-electron chi connectivity index (χ0n) is 18.9. The summed E-state index contributed by atoms with van der Waals surface area (Å²) in [5.74, 6) is 0.496. The van der Waals surface area contributed by atoms with Gasteiger partial charge in [-0.25, -0.2) is 9.37 Å². The van der Waals surface area contributed by atoms with Crippen molar-refractivity contribution >= 4 is 17.2 Å². The van der Waals surface area contributed by atoms with Crippen LogP contribution >= 0.6 is 11.3 Å². The fourth-order valence-electron chi connectivity index (χ4n) is 4.19. The average molecular weight is 468 g/mol. The van der Waals surface area contributed by atoms with E-state index in [1.165, 1.54) is 42.7 Å². The zero-order chi connectivity index (χ0) is 23.0. The Labute approximate surface area is 198 Å². The summed E-state index contributed by atoms with van der Waals surface area (Å²) in [6.07, 6.45) is 5.71. The van der Waals surface area contributed by atoms with Gasteiger partial charge in [0, 0.05) is 24.5 Å². The van der Waals surface area contributed by atoms with Crippen LogP contribution in [0.4, 0.5) is 4.39 Å². The van der Waals surface area contributed by atoms with Crippen molar-refractivity contribution in [2.24, 2.45) is 0 Å². The number of halogens is 1. The molecule has 5 nitrogen and oxygen atoms in total. The van der Waals surface area contributed by atoms with Crippen LogP contribution in [0.1, 0.15) is 58.7 Å². The molecular formula is C26H30FN3O2S. The summed E-state index contributed by atoms with van der Waals surface area (Å²) < 4.78 is 18.6. The summed E-state index contributed by atoms with van der Waals surface area (Å²) >= 11 is 1.50.